The van der Waals surface area contributed by atoms with Crippen LogP contribution < -0.4 is 10.0 Å². The van der Waals surface area contributed by atoms with Gasteiger partial charge in [-0.05, 0) is 42.8 Å². The molecule has 30 heavy (non-hydrogen) atoms. The first-order valence-electron chi connectivity index (χ1n) is 8.97. The third-order valence-electron chi connectivity index (χ3n) is 4.54. The maximum Gasteiger partial charge on any atom is 0.276 e. The van der Waals surface area contributed by atoms with Gasteiger partial charge in [-0.3, -0.25) is 14.6 Å². The zero-order chi connectivity index (χ0) is 21.3. The lowest BCUT2D eigenvalue weighted by molar-refractivity contribution is 0.102. The Balaban J connectivity index is 1.63. The standard InChI is InChI=1S/C21H17ClN4O3S/c1-13-10-11-14(23-21(27)20-15-6-2-4-8-17(15)24-25-20)12-19(13)30(28,29)26-18-9-5-3-7-16(18)22/h2-12,26H,1H3,(H,23,27)(H,24,25). The molecule has 7 nitrogen and oxygen atoms in total. The minimum Gasteiger partial charge on any atom is -0.321 e. The van der Waals surface area contributed by atoms with E-state index in [9.17, 15) is 13.2 Å². The molecule has 4 aromatic rings. The highest BCUT2D eigenvalue weighted by Gasteiger charge is 2.20. The summed E-state index contributed by atoms with van der Waals surface area (Å²) >= 11 is 6.07. The highest BCUT2D eigenvalue weighted by molar-refractivity contribution is 7.92. The first-order chi connectivity index (χ1) is 14.3. The van der Waals surface area contributed by atoms with Crippen molar-refractivity contribution in [3.05, 3.63) is 83.0 Å². The number of para-hydroxylation sites is 2. The second kappa shape index (κ2) is 7.81. The minimum absolute atomic E-state index is 0.0344. The molecule has 1 heterocycles. The van der Waals surface area contributed by atoms with Gasteiger partial charge >= 0.3 is 0 Å². The van der Waals surface area contributed by atoms with Crippen molar-refractivity contribution in [2.45, 2.75) is 11.8 Å². The first kappa shape index (κ1) is 19.9. The first-order valence-corrected chi connectivity index (χ1v) is 10.8. The van der Waals surface area contributed by atoms with Gasteiger partial charge in [-0.1, -0.05) is 48.0 Å². The number of aromatic amines is 1. The number of nitrogens with zero attached hydrogens (tertiary/aromatic N) is 1. The lowest BCUT2D eigenvalue weighted by Crippen LogP contribution is -2.16. The molecule has 3 aromatic carbocycles. The van der Waals surface area contributed by atoms with Crippen LogP contribution >= 0.6 is 11.6 Å². The molecule has 0 saturated heterocycles. The Hall–Kier alpha value is -3.36. The van der Waals surface area contributed by atoms with Crippen LogP contribution in [0, 0.1) is 6.92 Å². The van der Waals surface area contributed by atoms with Crippen molar-refractivity contribution in [1.29, 1.82) is 0 Å². The molecule has 3 N–H and O–H groups in total. The molecule has 0 saturated carbocycles. The Kier molecular flexibility index (Phi) is 5.19. The molecule has 1 aromatic heterocycles. The van der Waals surface area contributed by atoms with Crippen LogP contribution in [-0.4, -0.2) is 24.5 Å². The maximum absolute atomic E-state index is 12.9. The molecular formula is C21H17ClN4O3S. The summed E-state index contributed by atoms with van der Waals surface area (Å²) in [4.78, 5) is 12.7. The fourth-order valence-corrected chi connectivity index (χ4v) is 4.63. The summed E-state index contributed by atoms with van der Waals surface area (Å²) in [5, 5.41) is 10.5. The number of halogens is 1. The number of hydrogen-bond donors (Lipinski definition) is 3. The van der Waals surface area contributed by atoms with Gasteiger partial charge in [0.25, 0.3) is 15.9 Å². The van der Waals surface area contributed by atoms with Crippen molar-refractivity contribution in [2.24, 2.45) is 0 Å². The molecule has 0 fully saturated rings. The summed E-state index contributed by atoms with van der Waals surface area (Å²) in [6.45, 7) is 1.67. The number of benzene rings is 3. The van der Waals surface area contributed by atoms with Crippen LogP contribution in [0.1, 0.15) is 16.1 Å². The van der Waals surface area contributed by atoms with Gasteiger partial charge in [0.05, 0.1) is 21.1 Å². The summed E-state index contributed by atoms with van der Waals surface area (Å²) < 4.78 is 28.3. The third kappa shape index (κ3) is 3.87. The molecule has 0 radical (unpaired) electrons. The van der Waals surface area contributed by atoms with Crippen LogP contribution in [0.2, 0.25) is 5.02 Å². The number of amides is 1. The maximum atomic E-state index is 12.9. The van der Waals surface area contributed by atoms with Crippen molar-refractivity contribution in [1.82, 2.24) is 10.2 Å². The Morgan fingerprint density at radius 3 is 2.57 bits per heavy atom. The van der Waals surface area contributed by atoms with Gasteiger partial charge in [0.15, 0.2) is 5.69 Å². The van der Waals surface area contributed by atoms with Crippen molar-refractivity contribution in [2.75, 3.05) is 10.0 Å². The van der Waals surface area contributed by atoms with Crippen LogP contribution in [0.4, 0.5) is 11.4 Å². The molecule has 0 bridgehead atoms. The second-order valence-electron chi connectivity index (χ2n) is 6.64. The lowest BCUT2D eigenvalue weighted by atomic mass is 10.2. The molecule has 0 spiro atoms. The number of carbonyl (C=O) groups is 1. The Bertz CT molecular complexity index is 1370. The average molecular weight is 441 g/mol. The number of sulfonamides is 1. The smallest absolute Gasteiger partial charge is 0.276 e. The Labute approximate surface area is 178 Å². The predicted octanol–water partition coefficient (Wildman–Crippen LogP) is 4.58. The summed E-state index contributed by atoms with van der Waals surface area (Å²) in [6.07, 6.45) is 0. The number of hydrogen-bond acceptors (Lipinski definition) is 4. The van der Waals surface area contributed by atoms with Crippen molar-refractivity contribution < 1.29 is 13.2 Å². The quantitative estimate of drug-likeness (QED) is 0.422. The van der Waals surface area contributed by atoms with E-state index in [4.69, 9.17) is 11.6 Å². The highest BCUT2D eigenvalue weighted by Crippen LogP contribution is 2.27. The number of nitrogens with one attached hydrogen (secondary N) is 3. The molecule has 0 aliphatic carbocycles. The number of carbonyl (C=O) groups excluding carboxylic acids is 1. The van der Waals surface area contributed by atoms with E-state index in [1.54, 1.807) is 49.4 Å². The monoisotopic (exact) mass is 440 g/mol. The summed E-state index contributed by atoms with van der Waals surface area (Å²) in [5.74, 6) is -0.446. The van der Waals surface area contributed by atoms with E-state index in [2.05, 4.69) is 20.2 Å². The summed E-state index contributed by atoms with van der Waals surface area (Å²) in [7, 11) is -3.92. The van der Waals surface area contributed by atoms with Crippen molar-refractivity contribution in [3.63, 3.8) is 0 Å². The van der Waals surface area contributed by atoms with Gasteiger partial charge in [0.1, 0.15) is 0 Å². The number of rotatable bonds is 5. The van der Waals surface area contributed by atoms with Crippen LogP contribution in [0.25, 0.3) is 10.9 Å². The van der Waals surface area contributed by atoms with Crippen LogP contribution in [0.5, 0.6) is 0 Å². The van der Waals surface area contributed by atoms with Gasteiger partial charge in [-0.15, -0.1) is 0 Å². The fraction of sp³-hybridized carbons (Fsp3) is 0.0476. The number of fused-ring (bicyclic) bond motifs is 1. The van der Waals surface area contributed by atoms with Gasteiger partial charge in [-0.2, -0.15) is 5.10 Å². The molecule has 0 atom stereocenters. The van der Waals surface area contributed by atoms with E-state index in [-0.39, 0.29) is 21.3 Å². The van der Waals surface area contributed by atoms with Gasteiger partial charge in [-0.25, -0.2) is 8.42 Å². The number of H-pyrrole nitrogens is 1. The molecular weight excluding hydrogens is 424 g/mol. The predicted molar refractivity (Wildman–Crippen MR) is 117 cm³/mol. The largest absolute Gasteiger partial charge is 0.321 e. The van der Waals surface area contributed by atoms with E-state index in [0.717, 1.165) is 5.52 Å². The topological polar surface area (TPSA) is 104 Å². The average Bonchev–Trinajstić information content (AvgIpc) is 3.15. The minimum atomic E-state index is -3.92. The van der Waals surface area contributed by atoms with Crippen LogP contribution in [-0.2, 0) is 10.0 Å². The lowest BCUT2D eigenvalue weighted by Gasteiger charge is -2.13. The zero-order valence-corrected chi connectivity index (χ0v) is 17.4. The Morgan fingerprint density at radius 1 is 1.03 bits per heavy atom. The van der Waals surface area contributed by atoms with Gasteiger partial charge < -0.3 is 5.32 Å². The molecule has 9 heteroatoms. The molecule has 1 amide bonds. The Morgan fingerprint density at radius 2 is 1.77 bits per heavy atom. The zero-order valence-electron chi connectivity index (χ0n) is 15.8. The SMILES string of the molecule is Cc1ccc(NC(=O)c2n[nH]c3ccccc23)cc1S(=O)(=O)Nc1ccccc1Cl. The van der Waals surface area contributed by atoms with Gasteiger partial charge in [0.2, 0.25) is 0 Å². The number of aromatic nitrogens is 2. The normalized spacial score (nSPS) is 11.4. The molecule has 4 rings (SSSR count). The molecule has 152 valence electrons. The van der Waals surface area contributed by atoms with Crippen LogP contribution in [0.15, 0.2) is 71.6 Å². The third-order valence-corrected chi connectivity index (χ3v) is 6.38. The van der Waals surface area contributed by atoms with E-state index < -0.39 is 15.9 Å². The van der Waals surface area contributed by atoms with Crippen molar-refractivity contribution in [3.8, 4) is 0 Å². The number of anilines is 2. The van der Waals surface area contributed by atoms with E-state index >= 15 is 0 Å². The summed E-state index contributed by atoms with van der Waals surface area (Å²) in [6, 6.07) is 18.5. The molecule has 0 aliphatic heterocycles. The van der Waals surface area contributed by atoms with Crippen molar-refractivity contribution >= 4 is 49.8 Å². The highest BCUT2D eigenvalue weighted by atomic mass is 35.5. The van der Waals surface area contributed by atoms with Gasteiger partial charge in [0, 0.05) is 11.1 Å². The molecule has 0 aliphatic rings. The number of aryl methyl sites for hydroxylation is 1. The molecule has 0 unspecified atom stereocenters. The summed E-state index contributed by atoms with van der Waals surface area (Å²) in [5.41, 5.74) is 2.09. The van der Waals surface area contributed by atoms with E-state index in [1.807, 2.05) is 18.2 Å². The van der Waals surface area contributed by atoms with Crippen LogP contribution in [0.3, 0.4) is 0 Å². The van der Waals surface area contributed by atoms with E-state index in [1.165, 1.54) is 6.07 Å². The van der Waals surface area contributed by atoms with E-state index in [0.29, 0.717) is 16.6 Å². The fourth-order valence-electron chi connectivity index (χ4n) is 3.04. The second-order valence-corrected chi connectivity index (χ2v) is 8.70.